The van der Waals surface area contributed by atoms with Crippen molar-refractivity contribution in [1.29, 1.82) is 5.26 Å². The number of rotatable bonds is 5. The SMILES string of the molecule is CCOC(=O)CN(CC)c1nnc(C)c(C)c1C#N. The standard InChI is InChI=1S/C13H18N4O2/c1-5-17(8-12(18)19-6-2)13-11(7-14)9(3)10(4)15-16-13/h5-6,8H2,1-4H3. The monoisotopic (exact) mass is 262 g/mol. The molecule has 1 heterocycles. The van der Waals surface area contributed by atoms with Crippen molar-refractivity contribution < 1.29 is 9.53 Å². The van der Waals surface area contributed by atoms with Crippen LogP contribution >= 0.6 is 0 Å². The van der Waals surface area contributed by atoms with Crippen LogP contribution < -0.4 is 4.90 Å². The van der Waals surface area contributed by atoms with Crippen LogP contribution in [0.5, 0.6) is 0 Å². The zero-order chi connectivity index (χ0) is 14.4. The molecule has 0 aliphatic carbocycles. The quantitative estimate of drug-likeness (QED) is 0.745. The van der Waals surface area contributed by atoms with E-state index in [1.165, 1.54) is 0 Å². The molecule has 1 rings (SSSR count). The summed E-state index contributed by atoms with van der Waals surface area (Å²) in [5.74, 6) is 0.0921. The smallest absolute Gasteiger partial charge is 0.325 e. The van der Waals surface area contributed by atoms with Gasteiger partial charge in [0.1, 0.15) is 18.2 Å². The lowest BCUT2D eigenvalue weighted by Gasteiger charge is -2.22. The molecule has 0 unspecified atom stereocenters. The van der Waals surface area contributed by atoms with Crippen molar-refractivity contribution in [3.05, 3.63) is 16.8 Å². The number of carbonyl (C=O) groups excluding carboxylic acids is 1. The van der Waals surface area contributed by atoms with E-state index in [9.17, 15) is 10.1 Å². The van der Waals surface area contributed by atoms with Gasteiger partial charge in [-0.3, -0.25) is 4.79 Å². The van der Waals surface area contributed by atoms with E-state index in [0.29, 0.717) is 30.2 Å². The van der Waals surface area contributed by atoms with Crippen LogP contribution in [0.2, 0.25) is 0 Å². The van der Waals surface area contributed by atoms with Crippen molar-refractivity contribution in [1.82, 2.24) is 10.2 Å². The fourth-order valence-electron chi connectivity index (χ4n) is 1.65. The van der Waals surface area contributed by atoms with Gasteiger partial charge in [-0.05, 0) is 33.3 Å². The fraction of sp³-hybridized carbons (Fsp3) is 0.538. The number of aromatic nitrogens is 2. The number of ether oxygens (including phenoxy) is 1. The second-order valence-electron chi connectivity index (χ2n) is 4.04. The average molecular weight is 262 g/mol. The van der Waals surface area contributed by atoms with Gasteiger partial charge in [-0.1, -0.05) is 0 Å². The van der Waals surface area contributed by atoms with Crippen molar-refractivity contribution in [2.24, 2.45) is 0 Å². The Labute approximate surface area is 113 Å². The molecule has 0 aromatic carbocycles. The number of carbonyl (C=O) groups is 1. The van der Waals surface area contributed by atoms with Gasteiger partial charge >= 0.3 is 5.97 Å². The first-order chi connectivity index (χ1) is 9.04. The number of esters is 1. The highest BCUT2D eigenvalue weighted by atomic mass is 16.5. The normalized spacial score (nSPS) is 9.84. The predicted octanol–water partition coefficient (Wildman–Crippen LogP) is 1.35. The topological polar surface area (TPSA) is 79.1 Å². The lowest BCUT2D eigenvalue weighted by molar-refractivity contribution is -0.141. The first kappa shape index (κ1) is 14.9. The van der Waals surface area contributed by atoms with Crippen molar-refractivity contribution >= 4 is 11.8 Å². The van der Waals surface area contributed by atoms with E-state index in [0.717, 1.165) is 5.56 Å². The lowest BCUT2D eigenvalue weighted by Crippen LogP contribution is -2.32. The van der Waals surface area contributed by atoms with Crippen molar-refractivity contribution in [3.8, 4) is 6.07 Å². The van der Waals surface area contributed by atoms with E-state index >= 15 is 0 Å². The summed E-state index contributed by atoms with van der Waals surface area (Å²) in [5, 5.41) is 17.3. The molecule has 0 amide bonds. The van der Waals surface area contributed by atoms with Gasteiger partial charge in [-0.15, -0.1) is 5.10 Å². The second kappa shape index (κ2) is 6.69. The Morgan fingerprint density at radius 2 is 2.05 bits per heavy atom. The fourth-order valence-corrected chi connectivity index (χ4v) is 1.65. The van der Waals surface area contributed by atoms with E-state index in [2.05, 4.69) is 16.3 Å². The van der Waals surface area contributed by atoms with Crippen molar-refractivity contribution in [2.45, 2.75) is 27.7 Å². The van der Waals surface area contributed by atoms with Gasteiger partial charge in [-0.2, -0.15) is 10.4 Å². The predicted molar refractivity (Wildman–Crippen MR) is 70.7 cm³/mol. The Hall–Kier alpha value is -2.16. The largest absolute Gasteiger partial charge is 0.465 e. The minimum absolute atomic E-state index is 0.0657. The molecule has 1 aromatic heterocycles. The average Bonchev–Trinajstić information content (AvgIpc) is 2.39. The molecule has 0 saturated carbocycles. The molecule has 0 fully saturated rings. The van der Waals surface area contributed by atoms with E-state index in [1.54, 1.807) is 18.7 Å². The van der Waals surface area contributed by atoms with Crippen LogP contribution in [-0.4, -0.2) is 35.9 Å². The highest BCUT2D eigenvalue weighted by molar-refractivity contribution is 5.76. The second-order valence-corrected chi connectivity index (χ2v) is 4.04. The van der Waals surface area contributed by atoms with Crippen LogP contribution in [0, 0.1) is 25.2 Å². The van der Waals surface area contributed by atoms with E-state index in [-0.39, 0.29) is 12.5 Å². The van der Waals surface area contributed by atoms with E-state index in [1.807, 2.05) is 13.8 Å². The first-order valence-corrected chi connectivity index (χ1v) is 6.19. The Balaban J connectivity index is 3.09. The molecule has 0 spiro atoms. The van der Waals surface area contributed by atoms with Crippen molar-refractivity contribution in [2.75, 3.05) is 24.6 Å². The summed E-state index contributed by atoms with van der Waals surface area (Å²) < 4.78 is 4.91. The van der Waals surface area contributed by atoms with E-state index in [4.69, 9.17) is 4.74 Å². The Bertz CT molecular complexity index is 508. The third-order valence-corrected chi connectivity index (χ3v) is 2.85. The molecule has 0 N–H and O–H groups in total. The molecule has 1 aromatic rings. The molecule has 19 heavy (non-hydrogen) atoms. The van der Waals surface area contributed by atoms with Crippen LogP contribution in [-0.2, 0) is 9.53 Å². The molecule has 0 saturated heterocycles. The minimum atomic E-state index is -0.340. The number of anilines is 1. The third-order valence-electron chi connectivity index (χ3n) is 2.85. The van der Waals surface area contributed by atoms with Gasteiger partial charge in [0.2, 0.25) is 0 Å². The number of nitrogens with zero attached hydrogens (tertiary/aromatic N) is 4. The zero-order valence-electron chi connectivity index (χ0n) is 11.7. The maximum atomic E-state index is 11.5. The molecule has 0 bridgehead atoms. The zero-order valence-corrected chi connectivity index (χ0v) is 11.7. The van der Waals surface area contributed by atoms with E-state index < -0.39 is 0 Å². The van der Waals surface area contributed by atoms with Gasteiger partial charge in [0.15, 0.2) is 5.82 Å². The first-order valence-electron chi connectivity index (χ1n) is 6.19. The van der Waals surface area contributed by atoms with Gasteiger partial charge in [0.25, 0.3) is 0 Å². The summed E-state index contributed by atoms with van der Waals surface area (Å²) in [6, 6.07) is 2.13. The summed E-state index contributed by atoms with van der Waals surface area (Å²) in [6.45, 7) is 8.21. The third kappa shape index (κ3) is 3.41. The van der Waals surface area contributed by atoms with Gasteiger partial charge in [-0.25, -0.2) is 0 Å². The summed E-state index contributed by atoms with van der Waals surface area (Å²) in [6.07, 6.45) is 0. The summed E-state index contributed by atoms with van der Waals surface area (Å²) in [4.78, 5) is 13.2. The molecule has 102 valence electrons. The molecule has 6 nitrogen and oxygen atoms in total. The molecular formula is C13H18N4O2. The molecule has 0 aliphatic rings. The number of hydrogen-bond donors (Lipinski definition) is 0. The number of aryl methyl sites for hydroxylation is 1. The highest BCUT2D eigenvalue weighted by Gasteiger charge is 2.18. The van der Waals surface area contributed by atoms with Crippen LogP contribution in [0.15, 0.2) is 0 Å². The molecule has 0 aliphatic heterocycles. The van der Waals surface area contributed by atoms with Crippen LogP contribution in [0.4, 0.5) is 5.82 Å². The summed E-state index contributed by atoms with van der Waals surface area (Å²) in [7, 11) is 0. The number of likely N-dealkylation sites (N-methyl/N-ethyl adjacent to an activating group) is 1. The molecule has 0 radical (unpaired) electrons. The molecular weight excluding hydrogens is 244 g/mol. The molecule has 0 atom stereocenters. The van der Waals surface area contributed by atoms with Crippen LogP contribution in [0.3, 0.4) is 0 Å². The Morgan fingerprint density at radius 3 is 2.58 bits per heavy atom. The number of hydrogen-bond acceptors (Lipinski definition) is 6. The highest BCUT2D eigenvalue weighted by Crippen LogP contribution is 2.20. The summed E-state index contributed by atoms with van der Waals surface area (Å²) in [5.41, 5.74) is 1.96. The number of nitriles is 1. The maximum absolute atomic E-state index is 11.5. The summed E-state index contributed by atoms with van der Waals surface area (Å²) >= 11 is 0. The molecule has 6 heteroatoms. The lowest BCUT2D eigenvalue weighted by atomic mass is 10.1. The minimum Gasteiger partial charge on any atom is -0.465 e. The van der Waals surface area contributed by atoms with Crippen LogP contribution in [0.25, 0.3) is 0 Å². The Morgan fingerprint density at radius 1 is 1.37 bits per heavy atom. The maximum Gasteiger partial charge on any atom is 0.325 e. The van der Waals surface area contributed by atoms with Gasteiger partial charge in [0, 0.05) is 6.54 Å². The van der Waals surface area contributed by atoms with Gasteiger partial charge in [0.05, 0.1) is 12.3 Å². The Kier molecular flexibility index (Phi) is 5.24. The van der Waals surface area contributed by atoms with Crippen LogP contribution in [0.1, 0.15) is 30.7 Å². The van der Waals surface area contributed by atoms with Gasteiger partial charge < -0.3 is 9.64 Å². The van der Waals surface area contributed by atoms with Crippen molar-refractivity contribution in [3.63, 3.8) is 0 Å².